The summed E-state index contributed by atoms with van der Waals surface area (Å²) in [5.41, 5.74) is 11.9. The van der Waals surface area contributed by atoms with E-state index in [1.54, 1.807) is 13.2 Å². The Labute approximate surface area is 145 Å². The molecule has 7 N–H and O–H groups in total. The molecule has 2 rings (SSSR count). The van der Waals surface area contributed by atoms with Gasteiger partial charge < -0.3 is 21.6 Å². The van der Waals surface area contributed by atoms with E-state index in [1.165, 1.54) is 43.8 Å². The summed E-state index contributed by atoms with van der Waals surface area (Å²) in [7, 11) is 1.72. The van der Waals surface area contributed by atoms with E-state index in [0.29, 0.717) is 18.8 Å². The van der Waals surface area contributed by atoms with Gasteiger partial charge in [0, 0.05) is 38.4 Å². The topological polar surface area (TPSA) is 105 Å². The third kappa shape index (κ3) is 7.52. The number of hydrazine groups is 1. The average molecular weight is 334 g/mol. The van der Waals surface area contributed by atoms with Crippen LogP contribution in [0.25, 0.3) is 0 Å². The van der Waals surface area contributed by atoms with Gasteiger partial charge in [0.15, 0.2) is 0 Å². The molecule has 6 heteroatoms. The quantitative estimate of drug-likeness (QED) is 0.461. The summed E-state index contributed by atoms with van der Waals surface area (Å²) in [5, 5.41) is 10.6. The highest BCUT2D eigenvalue weighted by atomic mass is 16.3. The minimum Gasteiger partial charge on any atom is -0.401 e. The zero-order chi connectivity index (χ0) is 17.2. The summed E-state index contributed by atoms with van der Waals surface area (Å²) in [6.45, 7) is 9.33. The molecule has 0 spiro atoms. The van der Waals surface area contributed by atoms with Gasteiger partial charge in [-0.15, -0.1) is 0 Å². The summed E-state index contributed by atoms with van der Waals surface area (Å²) >= 11 is 0. The fraction of sp³-hybridized carbons (Fsp3) is 0.882. The average Bonchev–Trinajstić information content (AvgIpc) is 3.08. The van der Waals surface area contributed by atoms with Gasteiger partial charge in [-0.05, 0) is 38.8 Å². The highest BCUT2D eigenvalue weighted by Gasteiger charge is 2.43. The number of rotatable bonds is 4. The van der Waals surface area contributed by atoms with Crippen molar-refractivity contribution < 1.29 is 6.53 Å². The van der Waals surface area contributed by atoms with Crippen molar-refractivity contribution in [1.29, 1.82) is 0 Å². The second-order valence-electron chi connectivity index (χ2n) is 6.01. The van der Waals surface area contributed by atoms with Crippen LogP contribution in [-0.4, -0.2) is 53.8 Å². The maximum atomic E-state index is 9.19. The Bertz CT molecular complexity index is 316. The lowest BCUT2D eigenvalue weighted by Crippen LogP contribution is -2.41. The van der Waals surface area contributed by atoms with E-state index in [1.807, 2.05) is 20.8 Å². The molecular weight excluding hydrogens is 290 g/mol. The van der Waals surface area contributed by atoms with E-state index in [4.69, 9.17) is 17.3 Å². The maximum Gasteiger partial charge on any atom is 0.0615 e. The highest BCUT2D eigenvalue weighted by molar-refractivity contribution is 5.00. The molecule has 1 atom stereocenters. The minimum absolute atomic E-state index is 0. The molecule has 23 heavy (non-hydrogen) atoms. The number of nitrogens with zero attached hydrogens (tertiary/aromatic N) is 2. The van der Waals surface area contributed by atoms with E-state index < -0.39 is 0 Å². The first-order valence-electron chi connectivity index (χ1n) is 8.46. The Morgan fingerprint density at radius 1 is 1.35 bits per heavy atom. The Hall–Kier alpha value is -0.820. The van der Waals surface area contributed by atoms with Crippen LogP contribution in [-0.2, 0) is 0 Å². The third-order valence-corrected chi connectivity index (χ3v) is 4.38. The van der Waals surface area contributed by atoms with Gasteiger partial charge in [0.2, 0.25) is 0 Å². The van der Waals surface area contributed by atoms with Gasteiger partial charge in [-0.2, -0.15) is 0 Å². The zero-order valence-corrected chi connectivity index (χ0v) is 14.9. The molecule has 6 nitrogen and oxygen atoms in total. The van der Waals surface area contributed by atoms with Gasteiger partial charge in [0.1, 0.15) is 0 Å². The lowest BCUT2D eigenvalue weighted by Gasteiger charge is -2.29. The first kappa shape index (κ1) is 24.4. The van der Waals surface area contributed by atoms with Gasteiger partial charge in [0.05, 0.1) is 6.61 Å². The monoisotopic (exact) mass is 333 g/mol. The van der Waals surface area contributed by atoms with E-state index in [9.17, 15) is 5.11 Å². The fourth-order valence-corrected chi connectivity index (χ4v) is 2.98. The molecule has 0 aliphatic carbocycles. The molecule has 0 saturated carbocycles. The third-order valence-electron chi connectivity index (χ3n) is 4.38. The van der Waals surface area contributed by atoms with Crippen LogP contribution in [0, 0.1) is 5.92 Å². The van der Waals surface area contributed by atoms with E-state index in [-0.39, 0.29) is 20.3 Å². The standard InChI is InChI=1S/C8H15NO.C6H16N4.C2H6.CH4.H2/c10-7-8-3-1-5-9(8)6-2-4-8;1-5(3-7)6(8)4-10(2)9;1-2;;/h10H,1-7H2;4-5H,3,7-9H2,1-2H3;1-2H3;1H4;1H/b;6-4-;;;. The van der Waals surface area contributed by atoms with Gasteiger partial charge in [-0.25, -0.2) is 5.84 Å². The van der Waals surface area contributed by atoms with Crippen molar-refractivity contribution in [2.45, 2.75) is 59.4 Å². The summed E-state index contributed by atoms with van der Waals surface area (Å²) in [4.78, 5) is 2.47. The predicted molar refractivity (Wildman–Crippen MR) is 102 cm³/mol. The van der Waals surface area contributed by atoms with Crippen LogP contribution in [0.2, 0.25) is 0 Å². The van der Waals surface area contributed by atoms with Crippen molar-refractivity contribution >= 4 is 0 Å². The number of aliphatic hydroxyl groups excluding tert-OH is 1. The summed E-state index contributed by atoms with van der Waals surface area (Å²) < 4.78 is 0. The second kappa shape index (κ2) is 12.6. The summed E-state index contributed by atoms with van der Waals surface area (Å²) in [5.74, 6) is 5.52. The number of hydrogen-bond acceptors (Lipinski definition) is 6. The fourth-order valence-electron chi connectivity index (χ4n) is 2.98. The van der Waals surface area contributed by atoms with Crippen molar-refractivity contribution in [2.75, 3.05) is 33.3 Å². The molecule has 0 aromatic rings. The van der Waals surface area contributed by atoms with Crippen LogP contribution in [0.3, 0.4) is 0 Å². The van der Waals surface area contributed by atoms with Gasteiger partial charge in [-0.3, -0.25) is 4.90 Å². The molecule has 1 unspecified atom stereocenters. The number of nitrogens with two attached hydrogens (primary N) is 3. The number of hydrogen-bond donors (Lipinski definition) is 4. The molecule has 142 valence electrons. The van der Waals surface area contributed by atoms with Crippen molar-refractivity contribution in [3.63, 3.8) is 0 Å². The Morgan fingerprint density at radius 3 is 2.13 bits per heavy atom. The molecule has 0 radical (unpaired) electrons. The lowest BCUT2D eigenvalue weighted by molar-refractivity contribution is 0.0999. The summed E-state index contributed by atoms with van der Waals surface area (Å²) in [6, 6.07) is 0. The Balaban J connectivity index is -0.000000310. The smallest absolute Gasteiger partial charge is 0.0615 e. The number of aliphatic hydroxyl groups is 1. The van der Waals surface area contributed by atoms with Crippen molar-refractivity contribution in [1.82, 2.24) is 9.91 Å². The van der Waals surface area contributed by atoms with E-state index in [2.05, 4.69) is 4.90 Å². The Kier molecular flexibility index (Phi) is 13.4. The second-order valence-corrected chi connectivity index (χ2v) is 6.01. The Morgan fingerprint density at radius 2 is 1.83 bits per heavy atom. The molecule has 0 bridgehead atoms. The molecule has 2 fully saturated rings. The van der Waals surface area contributed by atoms with Crippen LogP contribution < -0.4 is 17.3 Å². The molecule has 2 heterocycles. The van der Waals surface area contributed by atoms with E-state index in [0.717, 1.165) is 0 Å². The molecule has 2 saturated heterocycles. The van der Waals surface area contributed by atoms with Crippen molar-refractivity contribution in [2.24, 2.45) is 23.2 Å². The minimum atomic E-state index is 0. The highest BCUT2D eigenvalue weighted by Crippen LogP contribution is 2.37. The van der Waals surface area contributed by atoms with Gasteiger partial charge in [0.25, 0.3) is 0 Å². The SMILES string of the molecule is C.CC.CC(CN)/C(N)=C/N(C)N.OCC12CCCN1CCC2.[HH]. The first-order chi connectivity index (χ1) is 10.4. The van der Waals surface area contributed by atoms with Crippen LogP contribution in [0.4, 0.5) is 0 Å². The zero-order valence-electron chi connectivity index (χ0n) is 14.9. The summed E-state index contributed by atoms with van der Waals surface area (Å²) in [6.07, 6.45) is 6.70. The maximum absolute atomic E-state index is 9.19. The predicted octanol–water partition coefficient (Wildman–Crippen LogP) is 1.70. The van der Waals surface area contributed by atoms with Crippen LogP contribution in [0.1, 0.15) is 55.3 Å². The largest absolute Gasteiger partial charge is 0.401 e. The van der Waals surface area contributed by atoms with Crippen molar-refractivity contribution in [3.8, 4) is 0 Å². The molecule has 2 aliphatic rings. The molecule has 0 aromatic heterocycles. The normalized spacial score (nSPS) is 20.2. The molecule has 0 amide bonds. The van der Waals surface area contributed by atoms with Crippen molar-refractivity contribution in [3.05, 3.63) is 11.9 Å². The molecule has 2 aliphatic heterocycles. The van der Waals surface area contributed by atoms with E-state index >= 15 is 0 Å². The van der Waals surface area contributed by atoms with Crippen LogP contribution >= 0.6 is 0 Å². The van der Waals surface area contributed by atoms with Crippen LogP contribution in [0.5, 0.6) is 0 Å². The van der Waals surface area contributed by atoms with Gasteiger partial charge in [-0.1, -0.05) is 28.2 Å². The van der Waals surface area contributed by atoms with Crippen LogP contribution in [0.15, 0.2) is 11.9 Å². The molecular formula is C17H43N5O. The number of fused-ring (bicyclic) bond motifs is 1. The van der Waals surface area contributed by atoms with Gasteiger partial charge >= 0.3 is 0 Å². The lowest BCUT2D eigenvalue weighted by atomic mass is 9.96. The molecule has 0 aromatic carbocycles. The first-order valence-corrected chi connectivity index (χ1v) is 8.46.